The SMILES string of the molecule is CC(C)C[C@H](CN)CC(=O)NCCC(C)(C)C. The van der Waals surface area contributed by atoms with Crippen LogP contribution in [0.5, 0.6) is 0 Å². The maximum absolute atomic E-state index is 11.7. The van der Waals surface area contributed by atoms with Crippen LogP contribution in [0.15, 0.2) is 0 Å². The van der Waals surface area contributed by atoms with Gasteiger partial charge in [-0.25, -0.2) is 0 Å². The average Bonchev–Trinajstić information content (AvgIpc) is 2.13. The minimum Gasteiger partial charge on any atom is -0.356 e. The fraction of sp³-hybridized carbons (Fsp3) is 0.929. The van der Waals surface area contributed by atoms with E-state index in [-0.39, 0.29) is 11.3 Å². The minimum absolute atomic E-state index is 0.144. The molecule has 0 saturated heterocycles. The third-order valence-corrected chi connectivity index (χ3v) is 2.81. The number of carbonyl (C=O) groups is 1. The summed E-state index contributed by atoms with van der Waals surface area (Å²) in [5.41, 5.74) is 5.96. The van der Waals surface area contributed by atoms with E-state index < -0.39 is 0 Å². The summed E-state index contributed by atoms with van der Waals surface area (Å²) in [6.07, 6.45) is 2.61. The lowest BCUT2D eigenvalue weighted by Crippen LogP contribution is -2.31. The Balaban J connectivity index is 3.83. The molecule has 0 aromatic heterocycles. The van der Waals surface area contributed by atoms with Crippen LogP contribution in [0.1, 0.15) is 53.9 Å². The second-order valence-corrected chi connectivity index (χ2v) is 6.60. The summed E-state index contributed by atoms with van der Waals surface area (Å²) >= 11 is 0. The highest BCUT2D eigenvalue weighted by atomic mass is 16.1. The number of nitrogens with two attached hydrogens (primary N) is 1. The van der Waals surface area contributed by atoms with E-state index in [9.17, 15) is 4.79 Å². The number of nitrogens with one attached hydrogen (secondary N) is 1. The van der Waals surface area contributed by atoms with Crippen LogP contribution in [0.3, 0.4) is 0 Å². The van der Waals surface area contributed by atoms with Gasteiger partial charge < -0.3 is 11.1 Å². The Bertz CT molecular complexity index is 219. The lowest BCUT2D eigenvalue weighted by Gasteiger charge is -2.19. The fourth-order valence-corrected chi connectivity index (χ4v) is 1.84. The van der Waals surface area contributed by atoms with E-state index in [1.807, 2.05) is 0 Å². The van der Waals surface area contributed by atoms with Crippen LogP contribution in [0.4, 0.5) is 0 Å². The standard InChI is InChI=1S/C14H30N2O/c1-11(2)8-12(10-15)9-13(17)16-7-6-14(3,4)5/h11-12H,6-10,15H2,1-5H3,(H,16,17)/t12-/m0/s1. The Morgan fingerprint density at radius 3 is 2.29 bits per heavy atom. The van der Waals surface area contributed by atoms with E-state index >= 15 is 0 Å². The van der Waals surface area contributed by atoms with Crippen LogP contribution in [-0.2, 0) is 4.79 Å². The first-order valence-electron chi connectivity index (χ1n) is 6.71. The van der Waals surface area contributed by atoms with Crippen molar-refractivity contribution in [3.8, 4) is 0 Å². The van der Waals surface area contributed by atoms with Gasteiger partial charge in [0.1, 0.15) is 0 Å². The third kappa shape index (κ3) is 10.3. The van der Waals surface area contributed by atoms with Gasteiger partial charge in [-0.05, 0) is 36.6 Å². The zero-order valence-electron chi connectivity index (χ0n) is 12.2. The summed E-state index contributed by atoms with van der Waals surface area (Å²) in [7, 11) is 0. The second kappa shape index (κ2) is 7.70. The highest BCUT2D eigenvalue weighted by molar-refractivity contribution is 5.76. The Hall–Kier alpha value is -0.570. The summed E-state index contributed by atoms with van der Waals surface area (Å²) in [4.78, 5) is 11.7. The largest absolute Gasteiger partial charge is 0.356 e. The highest BCUT2D eigenvalue weighted by Gasteiger charge is 2.15. The molecule has 1 atom stereocenters. The van der Waals surface area contributed by atoms with Crippen LogP contribution >= 0.6 is 0 Å². The molecule has 17 heavy (non-hydrogen) atoms. The number of carbonyl (C=O) groups excluding carboxylic acids is 1. The van der Waals surface area contributed by atoms with E-state index in [0.29, 0.717) is 24.8 Å². The first kappa shape index (κ1) is 16.4. The van der Waals surface area contributed by atoms with Crippen molar-refractivity contribution in [1.29, 1.82) is 0 Å². The Morgan fingerprint density at radius 1 is 1.29 bits per heavy atom. The van der Waals surface area contributed by atoms with Gasteiger partial charge in [-0.1, -0.05) is 34.6 Å². The summed E-state index contributed by atoms with van der Waals surface area (Å²) in [5.74, 6) is 1.07. The van der Waals surface area contributed by atoms with Gasteiger partial charge in [0.25, 0.3) is 0 Å². The molecule has 0 spiro atoms. The van der Waals surface area contributed by atoms with Gasteiger partial charge in [0.05, 0.1) is 0 Å². The predicted molar refractivity (Wildman–Crippen MR) is 73.7 cm³/mol. The van der Waals surface area contributed by atoms with Crippen LogP contribution in [-0.4, -0.2) is 19.0 Å². The maximum Gasteiger partial charge on any atom is 0.220 e. The summed E-state index contributed by atoms with van der Waals surface area (Å²) in [5, 5.41) is 2.98. The van der Waals surface area contributed by atoms with Gasteiger partial charge in [-0.2, -0.15) is 0 Å². The van der Waals surface area contributed by atoms with Gasteiger partial charge in [-0.15, -0.1) is 0 Å². The normalized spacial score (nSPS) is 13.8. The van der Waals surface area contributed by atoms with Crippen LogP contribution in [0.2, 0.25) is 0 Å². The molecule has 3 N–H and O–H groups in total. The van der Waals surface area contributed by atoms with Crippen molar-refractivity contribution >= 4 is 5.91 Å². The molecular formula is C14H30N2O. The van der Waals surface area contributed by atoms with E-state index in [4.69, 9.17) is 5.73 Å². The Kier molecular flexibility index (Phi) is 7.44. The van der Waals surface area contributed by atoms with Gasteiger partial charge in [0, 0.05) is 13.0 Å². The van der Waals surface area contributed by atoms with E-state index in [1.54, 1.807) is 0 Å². The van der Waals surface area contributed by atoms with Gasteiger partial charge in [-0.3, -0.25) is 4.79 Å². The van der Waals surface area contributed by atoms with Crippen molar-refractivity contribution in [2.24, 2.45) is 23.0 Å². The molecule has 0 fully saturated rings. The van der Waals surface area contributed by atoms with Crippen molar-refractivity contribution in [3.05, 3.63) is 0 Å². The molecule has 1 amide bonds. The van der Waals surface area contributed by atoms with Crippen LogP contribution in [0, 0.1) is 17.3 Å². The van der Waals surface area contributed by atoms with Crippen molar-refractivity contribution in [2.45, 2.75) is 53.9 Å². The number of hydrogen-bond acceptors (Lipinski definition) is 2. The number of hydrogen-bond donors (Lipinski definition) is 2. The molecule has 0 aliphatic carbocycles. The zero-order chi connectivity index (χ0) is 13.5. The minimum atomic E-state index is 0.144. The second-order valence-electron chi connectivity index (χ2n) is 6.60. The smallest absolute Gasteiger partial charge is 0.220 e. The molecule has 0 aromatic carbocycles. The lowest BCUT2D eigenvalue weighted by atomic mass is 9.92. The molecule has 0 rings (SSSR count). The van der Waals surface area contributed by atoms with Crippen LogP contribution in [0.25, 0.3) is 0 Å². The van der Waals surface area contributed by atoms with Crippen LogP contribution < -0.4 is 11.1 Å². The molecule has 0 unspecified atom stereocenters. The summed E-state index contributed by atoms with van der Waals surface area (Å²) in [6.45, 7) is 12.2. The molecule has 0 heterocycles. The molecule has 0 aliphatic heterocycles. The molecule has 0 bridgehead atoms. The Morgan fingerprint density at radius 2 is 1.88 bits per heavy atom. The monoisotopic (exact) mass is 242 g/mol. The first-order chi connectivity index (χ1) is 7.74. The van der Waals surface area contributed by atoms with E-state index in [1.165, 1.54) is 0 Å². The first-order valence-corrected chi connectivity index (χ1v) is 6.71. The fourth-order valence-electron chi connectivity index (χ4n) is 1.84. The van der Waals surface area contributed by atoms with Crippen molar-refractivity contribution in [2.75, 3.05) is 13.1 Å². The average molecular weight is 242 g/mol. The van der Waals surface area contributed by atoms with Crippen molar-refractivity contribution < 1.29 is 4.79 Å². The van der Waals surface area contributed by atoms with Gasteiger partial charge >= 0.3 is 0 Å². The molecule has 3 nitrogen and oxygen atoms in total. The maximum atomic E-state index is 11.7. The molecule has 0 saturated carbocycles. The molecule has 0 radical (unpaired) electrons. The topological polar surface area (TPSA) is 55.1 Å². The number of amides is 1. The number of rotatable bonds is 7. The zero-order valence-corrected chi connectivity index (χ0v) is 12.2. The molecule has 3 heteroatoms. The lowest BCUT2D eigenvalue weighted by molar-refractivity contribution is -0.122. The van der Waals surface area contributed by atoms with Crippen molar-refractivity contribution in [3.63, 3.8) is 0 Å². The van der Waals surface area contributed by atoms with E-state index in [2.05, 4.69) is 39.9 Å². The summed E-state index contributed by atoms with van der Waals surface area (Å²) < 4.78 is 0. The predicted octanol–water partition coefficient (Wildman–Crippen LogP) is 2.55. The van der Waals surface area contributed by atoms with Crippen molar-refractivity contribution in [1.82, 2.24) is 5.32 Å². The molecule has 102 valence electrons. The Labute approximate surface area is 107 Å². The quantitative estimate of drug-likeness (QED) is 0.721. The van der Waals surface area contributed by atoms with Gasteiger partial charge in [0.15, 0.2) is 0 Å². The highest BCUT2D eigenvalue weighted by Crippen LogP contribution is 2.17. The molecule has 0 aliphatic rings. The van der Waals surface area contributed by atoms with E-state index in [0.717, 1.165) is 19.4 Å². The summed E-state index contributed by atoms with van der Waals surface area (Å²) in [6, 6.07) is 0. The van der Waals surface area contributed by atoms with Gasteiger partial charge in [0.2, 0.25) is 5.91 Å². The molecule has 0 aromatic rings. The third-order valence-electron chi connectivity index (χ3n) is 2.81. The molecular weight excluding hydrogens is 212 g/mol.